The second-order valence-electron chi connectivity index (χ2n) is 14.6. The molecule has 0 saturated heterocycles. The van der Waals surface area contributed by atoms with Gasteiger partial charge in [-0.1, -0.05) is 169 Å². The largest absolute Gasteiger partial charge is 0.469 e. The van der Waals surface area contributed by atoms with Crippen LogP contribution in [0.5, 0.6) is 0 Å². The average molecular weight is 713 g/mol. The number of aliphatic hydroxyl groups excluding tert-OH is 2. The van der Waals surface area contributed by atoms with Gasteiger partial charge < -0.3 is 23.8 Å². The fourth-order valence-corrected chi connectivity index (χ4v) is 15.8. The van der Waals surface area contributed by atoms with E-state index in [-0.39, 0.29) is 23.1 Å². The summed E-state index contributed by atoms with van der Waals surface area (Å²) in [6, 6.07) is 41.4. The van der Waals surface area contributed by atoms with Gasteiger partial charge in [0.1, 0.15) is 0 Å². The molecule has 0 heterocycles. The molecule has 0 radical (unpaired) electrons. The summed E-state index contributed by atoms with van der Waals surface area (Å²) in [5.74, 6) is -0.441. The summed E-state index contributed by atoms with van der Waals surface area (Å²) in [5, 5.41) is 25.0. The van der Waals surface area contributed by atoms with Crippen molar-refractivity contribution in [2.24, 2.45) is 0 Å². The maximum atomic E-state index is 11.5. The average Bonchev–Trinajstić information content (AvgIpc) is 3.10. The number of rotatable bonds is 14. The Bertz CT molecular complexity index is 1490. The van der Waals surface area contributed by atoms with E-state index in [9.17, 15) is 15.0 Å². The molecule has 0 fully saturated rings. The first-order valence-electron chi connectivity index (χ1n) is 17.3. The van der Waals surface area contributed by atoms with Gasteiger partial charge in [0.05, 0.1) is 39.0 Å². The molecule has 2 N–H and O–H groups in total. The zero-order valence-corrected chi connectivity index (χ0v) is 32.8. The first kappa shape index (κ1) is 40.8. The van der Waals surface area contributed by atoms with Crippen LogP contribution in [-0.2, 0) is 18.4 Å². The Morgan fingerprint density at radius 3 is 1.18 bits per heavy atom. The lowest BCUT2D eigenvalue weighted by Gasteiger charge is -2.43. The van der Waals surface area contributed by atoms with E-state index < -0.39 is 34.8 Å². The van der Waals surface area contributed by atoms with Crippen molar-refractivity contribution in [3.63, 3.8) is 0 Å². The molecule has 50 heavy (non-hydrogen) atoms. The Labute approximate surface area is 302 Å². The van der Waals surface area contributed by atoms with Crippen LogP contribution >= 0.6 is 0 Å². The van der Waals surface area contributed by atoms with Crippen molar-refractivity contribution < 1.29 is 28.6 Å². The molecule has 0 unspecified atom stereocenters. The number of methoxy groups -OCH3 is 1. The zero-order valence-electron chi connectivity index (χ0n) is 30.8. The van der Waals surface area contributed by atoms with Crippen molar-refractivity contribution >= 4 is 43.4 Å². The fraction of sp³-hybridized carbons (Fsp3) is 0.357. The van der Waals surface area contributed by atoms with Gasteiger partial charge in [-0.15, -0.1) is 6.58 Å². The molecule has 0 saturated carbocycles. The molecule has 8 heteroatoms. The summed E-state index contributed by atoms with van der Waals surface area (Å²) in [4.78, 5) is 11.5. The van der Waals surface area contributed by atoms with Gasteiger partial charge in [0.25, 0.3) is 16.6 Å². The lowest BCUT2D eigenvalue weighted by Crippen LogP contribution is -2.67. The molecule has 0 aliphatic heterocycles. The number of carbonyl (C=O) groups excluding carboxylic acids is 1. The topological polar surface area (TPSA) is 85.2 Å². The van der Waals surface area contributed by atoms with Gasteiger partial charge in [0.15, 0.2) is 0 Å². The number of esters is 1. The van der Waals surface area contributed by atoms with Crippen LogP contribution in [0.4, 0.5) is 0 Å². The summed E-state index contributed by atoms with van der Waals surface area (Å²) in [6.07, 6.45) is 0.778. The minimum Gasteiger partial charge on any atom is -0.469 e. The first-order valence-corrected chi connectivity index (χ1v) is 21.1. The van der Waals surface area contributed by atoms with Crippen LogP contribution in [0.1, 0.15) is 54.4 Å². The second-order valence-corrected chi connectivity index (χ2v) is 23.2. The van der Waals surface area contributed by atoms with E-state index in [1.807, 2.05) is 48.5 Å². The Hall–Kier alpha value is -3.64. The number of aliphatic hydroxyl groups is 2. The third-order valence-corrected chi connectivity index (χ3v) is 18.9. The van der Waals surface area contributed by atoms with Crippen LogP contribution in [-0.4, -0.2) is 65.3 Å². The molecule has 2 atom stereocenters. The molecule has 4 aromatic rings. The van der Waals surface area contributed by atoms with Gasteiger partial charge in [-0.2, -0.15) is 0 Å². The molecular weight excluding hydrogens is 657 g/mol. The van der Waals surface area contributed by atoms with Gasteiger partial charge in [-0.25, -0.2) is 0 Å². The molecule has 0 aliphatic carbocycles. The van der Waals surface area contributed by atoms with Crippen molar-refractivity contribution in [2.45, 2.75) is 76.7 Å². The Morgan fingerprint density at radius 2 is 0.920 bits per heavy atom. The van der Waals surface area contributed by atoms with E-state index >= 15 is 0 Å². The third-order valence-electron chi connectivity index (χ3n) is 8.89. The maximum Gasteiger partial charge on any atom is 0.308 e. The Kier molecular flexibility index (Phi) is 15.1. The van der Waals surface area contributed by atoms with Gasteiger partial charge in [-0.3, -0.25) is 4.79 Å². The third kappa shape index (κ3) is 9.99. The minimum absolute atomic E-state index is 0.0659. The van der Waals surface area contributed by atoms with E-state index in [0.717, 1.165) is 10.4 Å². The molecule has 4 rings (SSSR count). The molecular formula is C42H56O6Si2. The van der Waals surface area contributed by atoms with E-state index in [4.69, 9.17) is 8.85 Å². The van der Waals surface area contributed by atoms with E-state index in [0.29, 0.717) is 13.0 Å². The SMILES string of the molecule is C=CC[C@@H](O)CO[Si](c1ccccc1)(c1ccccc1)C(C)(C)C.COC(=O)C[C@@H](O)CO[Si](c1ccccc1)(c1ccccc1)C(C)(C)C. The molecule has 0 aliphatic rings. The van der Waals surface area contributed by atoms with Crippen LogP contribution in [0.2, 0.25) is 10.1 Å². The monoisotopic (exact) mass is 712 g/mol. The summed E-state index contributed by atoms with van der Waals surface area (Å²) in [6.45, 7) is 17.3. The van der Waals surface area contributed by atoms with E-state index in [2.05, 4.69) is 126 Å². The summed E-state index contributed by atoms with van der Waals surface area (Å²) in [7, 11) is -3.90. The summed E-state index contributed by atoms with van der Waals surface area (Å²) < 4.78 is 17.8. The highest BCUT2D eigenvalue weighted by atomic mass is 28.4. The minimum atomic E-state index is -2.69. The molecule has 0 aromatic heterocycles. The van der Waals surface area contributed by atoms with Crippen LogP contribution in [0.15, 0.2) is 134 Å². The molecule has 0 bridgehead atoms. The number of hydrogen-bond acceptors (Lipinski definition) is 6. The second kappa shape index (κ2) is 18.6. The first-order chi connectivity index (χ1) is 23.7. The highest BCUT2D eigenvalue weighted by molar-refractivity contribution is 7.00. The normalized spacial score (nSPS) is 13.4. The lowest BCUT2D eigenvalue weighted by molar-refractivity contribution is -0.143. The smallest absolute Gasteiger partial charge is 0.308 e. The van der Waals surface area contributed by atoms with Crippen molar-refractivity contribution in [2.75, 3.05) is 20.3 Å². The van der Waals surface area contributed by atoms with Crippen molar-refractivity contribution in [1.82, 2.24) is 0 Å². The molecule has 4 aromatic carbocycles. The predicted octanol–water partition coefficient (Wildman–Crippen LogP) is 5.99. The predicted molar refractivity (Wildman–Crippen MR) is 211 cm³/mol. The summed E-state index contributed by atoms with van der Waals surface area (Å²) in [5.41, 5.74) is 0. The maximum absolute atomic E-state index is 11.5. The molecule has 0 spiro atoms. The van der Waals surface area contributed by atoms with Gasteiger partial charge in [-0.05, 0) is 37.2 Å². The van der Waals surface area contributed by atoms with Gasteiger partial charge >= 0.3 is 5.97 Å². The lowest BCUT2D eigenvalue weighted by atomic mass is 10.2. The molecule has 268 valence electrons. The van der Waals surface area contributed by atoms with Crippen molar-refractivity contribution in [1.29, 1.82) is 0 Å². The van der Waals surface area contributed by atoms with Crippen LogP contribution in [0.25, 0.3) is 0 Å². The van der Waals surface area contributed by atoms with Gasteiger partial charge in [0.2, 0.25) is 0 Å². The van der Waals surface area contributed by atoms with Crippen LogP contribution in [0, 0.1) is 0 Å². The van der Waals surface area contributed by atoms with Crippen molar-refractivity contribution in [3.8, 4) is 0 Å². The number of benzene rings is 4. The van der Waals surface area contributed by atoms with E-state index in [1.165, 1.54) is 17.5 Å². The highest BCUT2D eigenvalue weighted by Crippen LogP contribution is 2.38. The number of ether oxygens (including phenoxy) is 1. The van der Waals surface area contributed by atoms with Crippen molar-refractivity contribution in [3.05, 3.63) is 134 Å². The number of carbonyl (C=O) groups is 1. The number of hydrogen-bond donors (Lipinski definition) is 2. The fourth-order valence-electron chi connectivity index (χ4n) is 6.56. The quantitative estimate of drug-likeness (QED) is 0.0951. The summed E-state index contributed by atoms with van der Waals surface area (Å²) >= 11 is 0. The van der Waals surface area contributed by atoms with E-state index in [1.54, 1.807) is 6.08 Å². The Balaban J connectivity index is 0.000000271. The zero-order chi connectivity index (χ0) is 36.8. The molecule has 6 nitrogen and oxygen atoms in total. The Morgan fingerprint density at radius 1 is 0.620 bits per heavy atom. The van der Waals surface area contributed by atoms with Crippen LogP contribution < -0.4 is 20.7 Å². The molecule has 0 amide bonds. The highest BCUT2D eigenvalue weighted by Gasteiger charge is 2.51. The van der Waals surface area contributed by atoms with Gasteiger partial charge in [0, 0.05) is 0 Å². The van der Waals surface area contributed by atoms with Crippen LogP contribution in [0.3, 0.4) is 0 Å². The standard InChI is InChI=1S/C21H28O4Si.C21H28O2Si/c1-21(2,3)26(18-11-7-5-8-12-18,19-13-9-6-10-14-19)25-16-17(22)15-20(23)24-4;1-5-12-18(22)17-23-24(21(2,3)4,19-13-8-6-9-14-19)20-15-10-7-11-16-20/h5-14,17,22H,15-16H2,1-4H3;5-11,13-16,18,22H,1,12,17H2,2-4H3/t17-;18-/m11/s1.